The fourth-order valence-corrected chi connectivity index (χ4v) is 4.70. The molecule has 0 amide bonds. The van der Waals surface area contributed by atoms with Crippen LogP contribution < -0.4 is 15.5 Å². The maximum absolute atomic E-state index is 13.8. The summed E-state index contributed by atoms with van der Waals surface area (Å²) in [6.45, 7) is 3.26. The molecule has 4 N–H and O–H groups in total. The highest BCUT2D eigenvalue weighted by Gasteiger charge is 2.26. The summed E-state index contributed by atoms with van der Waals surface area (Å²) in [6.07, 6.45) is 7.80. The molecule has 2 fully saturated rings. The van der Waals surface area contributed by atoms with Crippen LogP contribution in [0.25, 0.3) is 10.9 Å². The molecule has 0 bridgehead atoms. The molecule has 1 aliphatic heterocycles. The third kappa shape index (κ3) is 4.90. The number of piperidine rings is 1. The van der Waals surface area contributed by atoms with E-state index in [0.29, 0.717) is 29.0 Å². The first-order valence-corrected chi connectivity index (χ1v) is 11.1. The monoisotopic (exact) mass is 413 g/mol. The molecule has 0 spiro atoms. The van der Waals surface area contributed by atoms with Crippen LogP contribution in [-0.4, -0.2) is 47.3 Å². The Bertz CT molecular complexity index is 889. The SMILES string of the molecule is CC(O)NC(=N)c1cc2ccc(F)cc2nc1N1CCC(NC2CCCCC2)CC1. The van der Waals surface area contributed by atoms with E-state index in [0.717, 1.165) is 31.3 Å². The first-order valence-electron chi connectivity index (χ1n) is 11.1. The van der Waals surface area contributed by atoms with Gasteiger partial charge in [-0.05, 0) is 50.8 Å². The highest BCUT2D eigenvalue weighted by atomic mass is 19.1. The average Bonchev–Trinajstić information content (AvgIpc) is 2.73. The summed E-state index contributed by atoms with van der Waals surface area (Å²) in [5.41, 5.74) is 1.22. The molecule has 2 heterocycles. The van der Waals surface area contributed by atoms with Gasteiger partial charge in [0, 0.05) is 36.6 Å². The number of benzene rings is 1. The molecule has 1 aromatic carbocycles. The number of aliphatic hydroxyl groups excluding tert-OH is 1. The summed E-state index contributed by atoms with van der Waals surface area (Å²) in [5, 5.41) is 25.5. The number of fused-ring (bicyclic) bond motifs is 1. The molecule has 2 aliphatic rings. The van der Waals surface area contributed by atoms with E-state index < -0.39 is 6.23 Å². The van der Waals surface area contributed by atoms with Crippen LogP contribution >= 0.6 is 0 Å². The van der Waals surface area contributed by atoms with Crippen molar-refractivity contribution < 1.29 is 9.50 Å². The molecule has 1 atom stereocenters. The van der Waals surface area contributed by atoms with E-state index in [4.69, 9.17) is 10.4 Å². The highest BCUT2D eigenvalue weighted by Crippen LogP contribution is 2.28. The van der Waals surface area contributed by atoms with Gasteiger partial charge < -0.3 is 20.6 Å². The number of rotatable bonds is 5. The van der Waals surface area contributed by atoms with Gasteiger partial charge in [-0.2, -0.15) is 0 Å². The molecule has 30 heavy (non-hydrogen) atoms. The molecule has 162 valence electrons. The Kier molecular flexibility index (Phi) is 6.49. The zero-order valence-electron chi connectivity index (χ0n) is 17.6. The lowest BCUT2D eigenvalue weighted by Gasteiger charge is -2.37. The van der Waals surface area contributed by atoms with Crippen molar-refractivity contribution in [3.63, 3.8) is 0 Å². The van der Waals surface area contributed by atoms with Gasteiger partial charge in [-0.25, -0.2) is 9.37 Å². The summed E-state index contributed by atoms with van der Waals surface area (Å²) >= 11 is 0. The number of aliphatic hydroxyl groups is 1. The van der Waals surface area contributed by atoms with Gasteiger partial charge in [-0.15, -0.1) is 0 Å². The van der Waals surface area contributed by atoms with Crippen molar-refractivity contribution in [2.24, 2.45) is 0 Å². The van der Waals surface area contributed by atoms with Crippen LogP contribution in [0, 0.1) is 11.2 Å². The molecule has 1 saturated carbocycles. The number of amidine groups is 1. The lowest BCUT2D eigenvalue weighted by atomic mass is 9.93. The first-order chi connectivity index (χ1) is 14.5. The van der Waals surface area contributed by atoms with Gasteiger partial charge in [-0.1, -0.05) is 19.3 Å². The molecule has 1 aliphatic carbocycles. The second-order valence-electron chi connectivity index (χ2n) is 8.65. The zero-order valence-corrected chi connectivity index (χ0v) is 17.6. The minimum Gasteiger partial charge on any atom is -0.374 e. The Morgan fingerprint density at radius 2 is 1.83 bits per heavy atom. The van der Waals surface area contributed by atoms with Crippen LogP contribution in [0.3, 0.4) is 0 Å². The third-order valence-electron chi connectivity index (χ3n) is 6.25. The molecule has 2 aromatic rings. The second kappa shape index (κ2) is 9.27. The summed E-state index contributed by atoms with van der Waals surface area (Å²) < 4.78 is 13.8. The summed E-state index contributed by atoms with van der Waals surface area (Å²) in [4.78, 5) is 6.92. The van der Waals surface area contributed by atoms with Crippen LogP contribution in [0.15, 0.2) is 24.3 Å². The van der Waals surface area contributed by atoms with Crippen molar-refractivity contribution in [1.29, 1.82) is 5.41 Å². The van der Waals surface area contributed by atoms with Gasteiger partial charge in [0.05, 0.1) is 11.1 Å². The average molecular weight is 414 g/mol. The quantitative estimate of drug-likeness (QED) is 0.342. The number of hydrogen-bond donors (Lipinski definition) is 4. The van der Waals surface area contributed by atoms with Crippen molar-refractivity contribution in [3.8, 4) is 0 Å². The minimum atomic E-state index is -0.834. The van der Waals surface area contributed by atoms with E-state index in [-0.39, 0.29) is 11.7 Å². The highest BCUT2D eigenvalue weighted by molar-refractivity contribution is 6.04. The lowest BCUT2D eigenvalue weighted by Crippen LogP contribution is -2.47. The Balaban J connectivity index is 1.53. The van der Waals surface area contributed by atoms with Gasteiger partial charge >= 0.3 is 0 Å². The Morgan fingerprint density at radius 3 is 2.53 bits per heavy atom. The number of halogens is 1. The molecule has 1 saturated heterocycles. The second-order valence-corrected chi connectivity index (χ2v) is 8.65. The number of nitrogens with one attached hydrogen (secondary N) is 3. The smallest absolute Gasteiger partial charge is 0.140 e. The molecule has 4 rings (SSSR count). The standard InChI is InChI=1S/C23H32FN5O/c1-15(30)26-22(25)20-13-16-7-8-17(24)14-21(16)28-23(20)29-11-9-19(10-12-29)27-18-5-3-2-4-6-18/h7-8,13-15,18-19,27,30H,2-6,9-12H2,1H3,(H2,25,26). The van der Waals surface area contributed by atoms with Gasteiger partial charge in [0.25, 0.3) is 0 Å². The van der Waals surface area contributed by atoms with Crippen LogP contribution in [-0.2, 0) is 0 Å². The van der Waals surface area contributed by atoms with Crippen LogP contribution in [0.4, 0.5) is 10.2 Å². The van der Waals surface area contributed by atoms with Crippen LogP contribution in [0.5, 0.6) is 0 Å². The van der Waals surface area contributed by atoms with E-state index in [1.54, 1.807) is 13.0 Å². The lowest BCUT2D eigenvalue weighted by molar-refractivity contribution is 0.180. The van der Waals surface area contributed by atoms with E-state index >= 15 is 0 Å². The van der Waals surface area contributed by atoms with E-state index in [2.05, 4.69) is 15.5 Å². The summed E-state index contributed by atoms with van der Waals surface area (Å²) in [6, 6.07) is 7.55. The maximum Gasteiger partial charge on any atom is 0.140 e. The molecule has 7 heteroatoms. The normalized spacial score (nSPS) is 19.8. The van der Waals surface area contributed by atoms with Gasteiger partial charge in [0.2, 0.25) is 0 Å². The topological polar surface area (TPSA) is 84.3 Å². The van der Waals surface area contributed by atoms with Crippen molar-refractivity contribution in [2.45, 2.75) is 70.2 Å². The van der Waals surface area contributed by atoms with Crippen molar-refractivity contribution in [1.82, 2.24) is 15.6 Å². The fourth-order valence-electron chi connectivity index (χ4n) is 4.70. The van der Waals surface area contributed by atoms with Gasteiger partial charge in [-0.3, -0.25) is 5.41 Å². The maximum atomic E-state index is 13.8. The number of nitrogens with zero attached hydrogens (tertiary/aromatic N) is 2. The van der Waals surface area contributed by atoms with Crippen molar-refractivity contribution in [2.75, 3.05) is 18.0 Å². The van der Waals surface area contributed by atoms with E-state index in [1.807, 2.05) is 6.07 Å². The van der Waals surface area contributed by atoms with Crippen molar-refractivity contribution in [3.05, 3.63) is 35.6 Å². The first kappa shape index (κ1) is 21.0. The molecule has 1 aromatic heterocycles. The number of hydrogen-bond acceptors (Lipinski definition) is 5. The fraction of sp³-hybridized carbons (Fsp3) is 0.565. The van der Waals surface area contributed by atoms with Gasteiger partial charge in [0.1, 0.15) is 23.7 Å². The largest absolute Gasteiger partial charge is 0.374 e. The Labute approximate surface area is 177 Å². The zero-order chi connectivity index (χ0) is 21.1. The third-order valence-corrected chi connectivity index (χ3v) is 6.25. The summed E-state index contributed by atoms with van der Waals surface area (Å²) in [5.74, 6) is 0.491. The number of anilines is 1. The summed E-state index contributed by atoms with van der Waals surface area (Å²) in [7, 11) is 0. The minimum absolute atomic E-state index is 0.126. The molecular weight excluding hydrogens is 381 g/mol. The number of pyridine rings is 1. The molecular formula is C23H32FN5O. The number of aromatic nitrogens is 1. The van der Waals surface area contributed by atoms with E-state index in [9.17, 15) is 9.50 Å². The van der Waals surface area contributed by atoms with Crippen LogP contribution in [0.1, 0.15) is 57.4 Å². The Hall–Kier alpha value is -2.25. The Morgan fingerprint density at radius 1 is 1.13 bits per heavy atom. The van der Waals surface area contributed by atoms with Crippen LogP contribution in [0.2, 0.25) is 0 Å². The predicted molar refractivity (Wildman–Crippen MR) is 119 cm³/mol. The molecule has 6 nitrogen and oxygen atoms in total. The molecule has 0 radical (unpaired) electrons. The predicted octanol–water partition coefficient (Wildman–Crippen LogP) is 3.52. The van der Waals surface area contributed by atoms with E-state index in [1.165, 1.54) is 44.2 Å². The van der Waals surface area contributed by atoms with Crippen molar-refractivity contribution >= 4 is 22.6 Å². The van der Waals surface area contributed by atoms with Gasteiger partial charge in [0.15, 0.2) is 0 Å². The molecule has 1 unspecified atom stereocenters.